The molecule has 0 heterocycles. The van der Waals surface area contributed by atoms with E-state index in [9.17, 15) is 22.4 Å². The van der Waals surface area contributed by atoms with Crippen molar-refractivity contribution in [2.24, 2.45) is 0 Å². The molecule has 0 aromatic heterocycles. The van der Waals surface area contributed by atoms with Crippen molar-refractivity contribution in [1.82, 2.24) is 10.2 Å². The number of anilines is 1. The van der Waals surface area contributed by atoms with Gasteiger partial charge in [0.15, 0.2) is 0 Å². The molecule has 196 valence electrons. The Kier molecular flexibility index (Phi) is 9.17. The van der Waals surface area contributed by atoms with E-state index in [2.05, 4.69) is 5.32 Å². The number of rotatable bonds is 9. The topological polar surface area (TPSA) is 86.8 Å². The first-order valence-electron chi connectivity index (χ1n) is 11.2. The van der Waals surface area contributed by atoms with Crippen molar-refractivity contribution in [2.75, 3.05) is 17.9 Å². The number of likely N-dealkylation sites (N-methyl/N-ethyl adjacent to an activating group) is 1. The summed E-state index contributed by atoms with van der Waals surface area (Å²) in [6, 6.07) is 14.9. The molecule has 0 radical (unpaired) electrons. The third-order valence-corrected chi connectivity index (χ3v) is 7.93. The van der Waals surface area contributed by atoms with Gasteiger partial charge in [-0.15, -0.1) is 0 Å². The van der Waals surface area contributed by atoms with Gasteiger partial charge in [0.1, 0.15) is 18.4 Å². The highest BCUT2D eigenvalue weighted by Gasteiger charge is 2.32. The number of sulfonamides is 1. The third-order valence-electron chi connectivity index (χ3n) is 5.70. The van der Waals surface area contributed by atoms with Gasteiger partial charge in [0, 0.05) is 23.6 Å². The Morgan fingerprint density at radius 1 is 0.973 bits per heavy atom. The van der Waals surface area contributed by atoms with Crippen LogP contribution in [0.25, 0.3) is 0 Å². The average Bonchev–Trinajstić information content (AvgIpc) is 2.85. The molecule has 1 unspecified atom stereocenters. The predicted molar refractivity (Wildman–Crippen MR) is 143 cm³/mol. The van der Waals surface area contributed by atoms with E-state index in [1.165, 1.54) is 73.5 Å². The largest absolute Gasteiger partial charge is 0.357 e. The van der Waals surface area contributed by atoms with E-state index < -0.39 is 40.2 Å². The molecule has 0 bridgehead atoms. The van der Waals surface area contributed by atoms with Crippen LogP contribution in [0.5, 0.6) is 0 Å². The van der Waals surface area contributed by atoms with Crippen molar-refractivity contribution in [3.05, 3.63) is 93.7 Å². The SMILES string of the molecule is CNC(=O)C(C)N(Cc1ccc(F)cc1)C(=O)CN(c1cc(Cl)cc(Cl)c1)S(=O)(=O)c1ccc(C)cc1. The molecule has 0 saturated carbocycles. The second-order valence-electron chi connectivity index (χ2n) is 8.39. The van der Waals surface area contributed by atoms with Gasteiger partial charge >= 0.3 is 0 Å². The zero-order valence-electron chi connectivity index (χ0n) is 20.4. The van der Waals surface area contributed by atoms with Gasteiger partial charge in [-0.3, -0.25) is 13.9 Å². The number of benzene rings is 3. The van der Waals surface area contributed by atoms with E-state index in [4.69, 9.17) is 23.2 Å². The van der Waals surface area contributed by atoms with Crippen LogP contribution in [0.4, 0.5) is 10.1 Å². The Morgan fingerprint density at radius 3 is 2.08 bits per heavy atom. The summed E-state index contributed by atoms with van der Waals surface area (Å²) < 4.78 is 41.8. The highest BCUT2D eigenvalue weighted by Crippen LogP contribution is 2.30. The van der Waals surface area contributed by atoms with Crippen LogP contribution < -0.4 is 9.62 Å². The smallest absolute Gasteiger partial charge is 0.264 e. The number of carbonyl (C=O) groups excluding carboxylic acids is 2. The van der Waals surface area contributed by atoms with Gasteiger partial charge in [-0.1, -0.05) is 53.0 Å². The monoisotopic (exact) mass is 565 g/mol. The lowest BCUT2D eigenvalue weighted by molar-refractivity contribution is -0.139. The number of aryl methyl sites for hydroxylation is 1. The number of hydrogen-bond donors (Lipinski definition) is 1. The van der Waals surface area contributed by atoms with Gasteiger partial charge < -0.3 is 10.2 Å². The lowest BCUT2D eigenvalue weighted by atomic mass is 10.1. The Hall–Kier alpha value is -3.14. The van der Waals surface area contributed by atoms with Gasteiger partial charge in [-0.25, -0.2) is 12.8 Å². The lowest BCUT2D eigenvalue weighted by Gasteiger charge is -2.32. The molecule has 3 aromatic rings. The molecule has 1 N–H and O–H groups in total. The molecule has 0 fully saturated rings. The molecule has 0 aliphatic rings. The van der Waals surface area contributed by atoms with Gasteiger partial charge in [-0.05, 0) is 61.9 Å². The molecule has 1 atom stereocenters. The van der Waals surface area contributed by atoms with E-state index in [1.807, 2.05) is 6.92 Å². The standard InChI is InChI=1S/C26H26Cl2FN3O4S/c1-17-4-10-24(11-5-17)37(35,36)32(23-13-20(27)12-21(28)14-23)16-25(33)31(18(2)26(34)30-3)15-19-6-8-22(29)9-7-19/h4-14,18H,15-16H2,1-3H3,(H,30,34). The molecular formula is C26H26Cl2FN3O4S. The van der Waals surface area contributed by atoms with E-state index in [0.29, 0.717) is 5.56 Å². The lowest BCUT2D eigenvalue weighted by Crippen LogP contribution is -2.50. The molecule has 0 saturated heterocycles. The molecule has 2 amide bonds. The Morgan fingerprint density at radius 2 is 1.54 bits per heavy atom. The van der Waals surface area contributed by atoms with Crippen LogP contribution in [0.1, 0.15) is 18.1 Å². The molecular weight excluding hydrogens is 540 g/mol. The maximum Gasteiger partial charge on any atom is 0.264 e. The molecule has 11 heteroatoms. The maximum atomic E-state index is 13.7. The van der Waals surface area contributed by atoms with Crippen molar-refractivity contribution in [2.45, 2.75) is 31.3 Å². The number of carbonyl (C=O) groups is 2. The minimum Gasteiger partial charge on any atom is -0.357 e. The summed E-state index contributed by atoms with van der Waals surface area (Å²) in [6.45, 7) is 2.65. The number of amides is 2. The van der Waals surface area contributed by atoms with Crippen LogP contribution in [0.15, 0.2) is 71.6 Å². The zero-order chi connectivity index (χ0) is 27.3. The van der Waals surface area contributed by atoms with Crippen LogP contribution in [0.2, 0.25) is 10.0 Å². The van der Waals surface area contributed by atoms with Crippen LogP contribution >= 0.6 is 23.2 Å². The first kappa shape index (κ1) is 28.4. The second-order valence-corrected chi connectivity index (χ2v) is 11.1. The number of hydrogen-bond acceptors (Lipinski definition) is 4. The molecule has 0 spiro atoms. The fourth-order valence-electron chi connectivity index (χ4n) is 3.63. The fourth-order valence-corrected chi connectivity index (χ4v) is 5.54. The van der Waals surface area contributed by atoms with Crippen LogP contribution in [0, 0.1) is 12.7 Å². The quantitative estimate of drug-likeness (QED) is 0.403. The summed E-state index contributed by atoms with van der Waals surface area (Å²) in [5.41, 5.74) is 1.50. The third kappa shape index (κ3) is 7.00. The summed E-state index contributed by atoms with van der Waals surface area (Å²) in [7, 11) is -2.81. The van der Waals surface area contributed by atoms with Crippen molar-refractivity contribution in [1.29, 1.82) is 0 Å². The minimum absolute atomic E-state index is 0.0357. The summed E-state index contributed by atoms with van der Waals surface area (Å²) >= 11 is 12.3. The van der Waals surface area contributed by atoms with E-state index >= 15 is 0 Å². The van der Waals surface area contributed by atoms with Gasteiger partial charge in [0.25, 0.3) is 10.0 Å². The molecule has 0 aliphatic heterocycles. The van der Waals surface area contributed by atoms with Crippen molar-refractivity contribution in [3.63, 3.8) is 0 Å². The van der Waals surface area contributed by atoms with Crippen molar-refractivity contribution in [3.8, 4) is 0 Å². The minimum atomic E-state index is -4.24. The molecule has 3 rings (SSSR count). The first-order chi connectivity index (χ1) is 17.4. The number of halogens is 3. The van der Waals surface area contributed by atoms with Crippen molar-refractivity contribution < 1.29 is 22.4 Å². The molecule has 7 nitrogen and oxygen atoms in total. The van der Waals surface area contributed by atoms with Gasteiger partial charge in [-0.2, -0.15) is 0 Å². The summed E-state index contributed by atoms with van der Waals surface area (Å²) in [5.74, 6) is -1.56. The summed E-state index contributed by atoms with van der Waals surface area (Å²) in [5, 5.41) is 2.86. The fraction of sp³-hybridized carbons (Fsp3) is 0.231. The van der Waals surface area contributed by atoms with Crippen molar-refractivity contribution >= 4 is 50.7 Å². The molecule has 3 aromatic carbocycles. The molecule has 37 heavy (non-hydrogen) atoms. The Balaban J connectivity index is 2.06. The predicted octanol–water partition coefficient (Wildman–Crippen LogP) is 4.80. The maximum absolute atomic E-state index is 13.7. The summed E-state index contributed by atoms with van der Waals surface area (Å²) in [4.78, 5) is 27.3. The van der Waals surface area contributed by atoms with Gasteiger partial charge in [0.05, 0.1) is 10.6 Å². The highest BCUT2D eigenvalue weighted by molar-refractivity contribution is 7.92. The van der Waals surface area contributed by atoms with Crippen LogP contribution in [0.3, 0.4) is 0 Å². The average molecular weight is 566 g/mol. The van der Waals surface area contributed by atoms with E-state index in [1.54, 1.807) is 12.1 Å². The van der Waals surface area contributed by atoms with E-state index in [0.717, 1.165) is 9.87 Å². The van der Waals surface area contributed by atoms with Crippen LogP contribution in [-0.2, 0) is 26.2 Å². The highest BCUT2D eigenvalue weighted by atomic mass is 35.5. The second kappa shape index (κ2) is 11.9. The Bertz CT molecular complexity index is 1360. The zero-order valence-corrected chi connectivity index (χ0v) is 22.7. The summed E-state index contributed by atoms with van der Waals surface area (Å²) in [6.07, 6.45) is 0. The first-order valence-corrected chi connectivity index (χ1v) is 13.4. The number of nitrogens with one attached hydrogen (secondary N) is 1. The van der Waals surface area contributed by atoms with Gasteiger partial charge in [0.2, 0.25) is 11.8 Å². The molecule has 0 aliphatic carbocycles. The van der Waals surface area contributed by atoms with E-state index in [-0.39, 0.29) is 27.2 Å². The Labute approximate surface area is 225 Å². The van der Waals surface area contributed by atoms with Crippen LogP contribution in [-0.4, -0.2) is 44.8 Å². The number of nitrogens with zero attached hydrogens (tertiary/aromatic N) is 2. The normalized spacial score (nSPS) is 12.1.